The zero-order valence-electron chi connectivity index (χ0n) is 11.9. The molecule has 0 aliphatic heterocycles. The van der Waals surface area contributed by atoms with Gasteiger partial charge >= 0.3 is 0 Å². The van der Waals surface area contributed by atoms with Gasteiger partial charge in [0.05, 0.1) is 12.2 Å². The summed E-state index contributed by atoms with van der Waals surface area (Å²) in [5, 5.41) is 13.4. The molecule has 1 rings (SSSR count). The van der Waals surface area contributed by atoms with Crippen LogP contribution in [-0.4, -0.2) is 29.2 Å². The molecule has 1 heterocycles. The van der Waals surface area contributed by atoms with Crippen LogP contribution in [-0.2, 0) is 6.54 Å². The van der Waals surface area contributed by atoms with Crippen LogP contribution >= 0.6 is 24.0 Å². The molecule has 0 fully saturated rings. The Morgan fingerprint density at radius 3 is 2.74 bits per heavy atom. The smallest absolute Gasteiger partial charge is 0.191 e. The van der Waals surface area contributed by atoms with E-state index in [0.29, 0.717) is 6.54 Å². The molecule has 0 bridgehead atoms. The minimum Gasteiger partial charge on any atom is -0.357 e. The van der Waals surface area contributed by atoms with Crippen molar-refractivity contribution in [2.45, 2.75) is 46.1 Å². The number of aromatic nitrogens is 2. The van der Waals surface area contributed by atoms with Crippen LogP contribution in [0.25, 0.3) is 0 Å². The van der Waals surface area contributed by atoms with Gasteiger partial charge < -0.3 is 10.6 Å². The molecule has 1 aromatic rings. The molecule has 6 heteroatoms. The number of hydrogen-bond acceptors (Lipinski definition) is 2. The lowest BCUT2D eigenvalue weighted by Crippen LogP contribution is -2.37. The van der Waals surface area contributed by atoms with E-state index in [9.17, 15) is 0 Å². The number of nitrogens with one attached hydrogen (secondary N) is 3. The van der Waals surface area contributed by atoms with E-state index in [-0.39, 0.29) is 24.0 Å². The lowest BCUT2D eigenvalue weighted by Gasteiger charge is -2.10. The zero-order chi connectivity index (χ0) is 13.1. The number of halogens is 1. The Morgan fingerprint density at radius 1 is 1.26 bits per heavy atom. The lowest BCUT2D eigenvalue weighted by atomic mass is 10.2. The third-order valence-electron chi connectivity index (χ3n) is 2.63. The van der Waals surface area contributed by atoms with Crippen LogP contribution in [0.2, 0.25) is 0 Å². The van der Waals surface area contributed by atoms with Gasteiger partial charge in [0.1, 0.15) is 0 Å². The van der Waals surface area contributed by atoms with Crippen LogP contribution in [0.1, 0.15) is 45.2 Å². The standard InChI is InChI=1S/C13H25N5.HI/c1-3-5-6-7-9-15-13(14-4-2)16-11-12-8-10-17-18-12;/h8,10H,3-7,9,11H2,1-2H3,(H,17,18)(H2,14,15,16);1H. The van der Waals surface area contributed by atoms with E-state index in [1.165, 1.54) is 25.7 Å². The number of rotatable bonds is 8. The van der Waals surface area contributed by atoms with Crippen molar-refractivity contribution >= 4 is 29.9 Å². The third-order valence-corrected chi connectivity index (χ3v) is 2.63. The molecule has 0 saturated carbocycles. The first-order valence-electron chi connectivity index (χ1n) is 6.87. The minimum atomic E-state index is 0. The van der Waals surface area contributed by atoms with Crippen molar-refractivity contribution in [2.75, 3.05) is 13.1 Å². The average Bonchev–Trinajstić information content (AvgIpc) is 2.88. The van der Waals surface area contributed by atoms with Crippen molar-refractivity contribution in [1.82, 2.24) is 20.8 Å². The second kappa shape index (κ2) is 12.3. The number of guanidine groups is 1. The Bertz CT molecular complexity index is 324. The van der Waals surface area contributed by atoms with Crippen LogP contribution in [0.3, 0.4) is 0 Å². The van der Waals surface area contributed by atoms with E-state index >= 15 is 0 Å². The minimum absolute atomic E-state index is 0. The summed E-state index contributed by atoms with van der Waals surface area (Å²) < 4.78 is 0. The predicted octanol–water partition coefficient (Wildman–Crippen LogP) is 2.66. The second-order valence-electron chi connectivity index (χ2n) is 4.26. The van der Waals surface area contributed by atoms with Crippen molar-refractivity contribution in [1.29, 1.82) is 0 Å². The largest absolute Gasteiger partial charge is 0.357 e. The van der Waals surface area contributed by atoms with E-state index in [4.69, 9.17) is 0 Å². The second-order valence-corrected chi connectivity index (χ2v) is 4.26. The highest BCUT2D eigenvalue weighted by Crippen LogP contribution is 1.97. The van der Waals surface area contributed by atoms with Crippen LogP contribution in [0.15, 0.2) is 17.3 Å². The molecule has 110 valence electrons. The topological polar surface area (TPSA) is 65.1 Å². The van der Waals surface area contributed by atoms with E-state index in [1.54, 1.807) is 6.20 Å². The molecule has 3 N–H and O–H groups in total. The highest BCUT2D eigenvalue weighted by Gasteiger charge is 1.97. The van der Waals surface area contributed by atoms with Crippen molar-refractivity contribution in [3.05, 3.63) is 18.0 Å². The zero-order valence-corrected chi connectivity index (χ0v) is 14.2. The summed E-state index contributed by atoms with van der Waals surface area (Å²) in [4.78, 5) is 4.50. The molecule has 0 spiro atoms. The molecule has 19 heavy (non-hydrogen) atoms. The average molecular weight is 379 g/mol. The maximum atomic E-state index is 4.50. The van der Waals surface area contributed by atoms with Gasteiger partial charge in [0.2, 0.25) is 0 Å². The molecule has 0 aliphatic carbocycles. The lowest BCUT2D eigenvalue weighted by molar-refractivity contribution is 0.647. The third kappa shape index (κ3) is 8.85. The summed E-state index contributed by atoms with van der Waals surface area (Å²) in [6, 6.07) is 1.94. The van der Waals surface area contributed by atoms with Crippen molar-refractivity contribution < 1.29 is 0 Å². The Hall–Kier alpha value is -0.790. The highest BCUT2D eigenvalue weighted by atomic mass is 127. The first-order chi connectivity index (χ1) is 8.86. The van der Waals surface area contributed by atoms with Gasteiger partial charge in [0, 0.05) is 19.3 Å². The summed E-state index contributed by atoms with van der Waals surface area (Å²) in [7, 11) is 0. The molecule has 0 unspecified atom stereocenters. The fourth-order valence-electron chi connectivity index (χ4n) is 1.64. The quantitative estimate of drug-likeness (QED) is 0.282. The Labute approximate surface area is 133 Å². The molecule has 0 aromatic carbocycles. The summed E-state index contributed by atoms with van der Waals surface area (Å²) in [6.45, 7) is 6.79. The van der Waals surface area contributed by atoms with Crippen molar-refractivity contribution in [2.24, 2.45) is 4.99 Å². The van der Waals surface area contributed by atoms with Gasteiger partial charge in [0.25, 0.3) is 0 Å². The normalized spacial score (nSPS) is 10.9. The van der Waals surface area contributed by atoms with Gasteiger partial charge in [0.15, 0.2) is 5.96 Å². The summed E-state index contributed by atoms with van der Waals surface area (Å²) in [5.41, 5.74) is 1.03. The molecule has 1 aromatic heterocycles. The summed E-state index contributed by atoms with van der Waals surface area (Å²) in [6.07, 6.45) is 6.80. The number of nitrogens with zero attached hydrogens (tertiary/aromatic N) is 2. The molecule has 0 amide bonds. The predicted molar refractivity (Wildman–Crippen MR) is 91.0 cm³/mol. The van der Waals surface area contributed by atoms with Gasteiger partial charge in [-0.2, -0.15) is 5.10 Å². The Kier molecular flexibility index (Phi) is 11.7. The van der Waals surface area contributed by atoms with Crippen LogP contribution in [0.5, 0.6) is 0 Å². The van der Waals surface area contributed by atoms with Crippen molar-refractivity contribution in [3.63, 3.8) is 0 Å². The maximum absolute atomic E-state index is 4.50. The van der Waals surface area contributed by atoms with Gasteiger partial charge in [-0.1, -0.05) is 26.2 Å². The molecular weight excluding hydrogens is 353 g/mol. The van der Waals surface area contributed by atoms with Gasteiger partial charge in [-0.25, -0.2) is 4.99 Å². The van der Waals surface area contributed by atoms with Gasteiger partial charge in [-0.3, -0.25) is 5.10 Å². The highest BCUT2D eigenvalue weighted by molar-refractivity contribution is 14.0. The first-order valence-corrected chi connectivity index (χ1v) is 6.87. The van der Waals surface area contributed by atoms with Gasteiger partial charge in [-0.15, -0.1) is 24.0 Å². The van der Waals surface area contributed by atoms with Crippen LogP contribution in [0.4, 0.5) is 0 Å². The Balaban J connectivity index is 0.00000324. The molecule has 0 saturated heterocycles. The van der Waals surface area contributed by atoms with Crippen LogP contribution < -0.4 is 10.6 Å². The molecule has 0 aliphatic rings. The SMILES string of the molecule is CCCCCCNC(=NCc1ccn[nH]1)NCC.I. The number of H-pyrrole nitrogens is 1. The van der Waals surface area contributed by atoms with E-state index < -0.39 is 0 Å². The number of unbranched alkanes of at least 4 members (excludes halogenated alkanes) is 3. The number of hydrogen-bond donors (Lipinski definition) is 3. The molecule has 0 radical (unpaired) electrons. The molecule has 0 atom stereocenters. The van der Waals surface area contributed by atoms with Crippen molar-refractivity contribution in [3.8, 4) is 0 Å². The maximum Gasteiger partial charge on any atom is 0.191 e. The van der Waals surface area contributed by atoms with E-state index in [0.717, 1.165) is 24.7 Å². The monoisotopic (exact) mass is 379 g/mol. The number of aromatic amines is 1. The van der Waals surface area contributed by atoms with Crippen LogP contribution in [0, 0.1) is 0 Å². The Morgan fingerprint density at radius 2 is 2.11 bits per heavy atom. The fourth-order valence-corrected chi connectivity index (χ4v) is 1.64. The van der Waals surface area contributed by atoms with Gasteiger partial charge in [-0.05, 0) is 19.4 Å². The van der Waals surface area contributed by atoms with E-state index in [2.05, 4.69) is 39.7 Å². The van der Waals surface area contributed by atoms with E-state index in [1.807, 2.05) is 6.07 Å². The summed E-state index contributed by atoms with van der Waals surface area (Å²) >= 11 is 0. The summed E-state index contributed by atoms with van der Waals surface area (Å²) in [5.74, 6) is 0.878. The molecule has 5 nitrogen and oxygen atoms in total. The number of aliphatic imine (C=N–C) groups is 1. The fraction of sp³-hybridized carbons (Fsp3) is 0.692. The first kappa shape index (κ1) is 18.2. The molecular formula is C13H26IN5.